The van der Waals surface area contributed by atoms with E-state index in [4.69, 9.17) is 29.0 Å². The van der Waals surface area contributed by atoms with Crippen LogP contribution in [0.2, 0.25) is 0 Å². The number of alkyl halides is 2. The fourth-order valence-electron chi connectivity index (χ4n) is 4.28. The van der Waals surface area contributed by atoms with Gasteiger partial charge in [0.25, 0.3) is 15.0 Å². The lowest BCUT2D eigenvalue weighted by Gasteiger charge is -2.37. The molecule has 0 aromatic carbocycles. The monoisotopic (exact) mass is 689 g/mol. The van der Waals surface area contributed by atoms with E-state index in [1.807, 2.05) is 0 Å². The summed E-state index contributed by atoms with van der Waals surface area (Å²) < 4.78 is 100. The first kappa shape index (κ1) is 38.9. The van der Waals surface area contributed by atoms with Crippen LogP contribution in [0, 0.1) is 5.41 Å². The van der Waals surface area contributed by atoms with E-state index >= 15 is 8.78 Å². The van der Waals surface area contributed by atoms with Crippen LogP contribution in [0.5, 0.6) is 0 Å². The van der Waals surface area contributed by atoms with E-state index in [-0.39, 0.29) is 5.82 Å². The summed E-state index contributed by atoms with van der Waals surface area (Å²) in [6.07, 6.45) is -4.11. The number of ether oxygens (including phenoxy) is 3. The maximum Gasteiger partial charge on any atom is 0.323 e. The van der Waals surface area contributed by atoms with Crippen LogP contribution in [0.15, 0.2) is 29.4 Å². The summed E-state index contributed by atoms with van der Waals surface area (Å²) in [5.41, 5.74) is 3.08. The second-order valence-electron chi connectivity index (χ2n) is 11.7. The molecule has 0 aromatic heterocycles. The number of amidine groups is 1. The summed E-state index contributed by atoms with van der Waals surface area (Å²) in [5.74, 6) is -7.41. The Morgan fingerprint density at radius 1 is 1.04 bits per heavy atom. The lowest BCUT2D eigenvalue weighted by atomic mass is 9.80. The molecule has 2 aliphatic rings. The molecule has 0 radical (unpaired) electrons. The number of nitrogens with two attached hydrogens (primary N) is 1. The van der Waals surface area contributed by atoms with Gasteiger partial charge >= 0.3 is 17.9 Å². The molecule has 0 spiro atoms. The molecule has 1 fully saturated rings. The Morgan fingerprint density at radius 2 is 1.51 bits per heavy atom. The maximum absolute atomic E-state index is 16.4. The average molecular weight is 690 g/mol. The third-order valence-corrected chi connectivity index (χ3v) is 9.70. The normalized spacial score (nSPS) is 27.3. The number of carbonyl (C=O) groups excluding carboxylic acids is 2. The van der Waals surface area contributed by atoms with Gasteiger partial charge in [-0.15, -0.1) is 0 Å². The summed E-state index contributed by atoms with van der Waals surface area (Å²) in [6, 6.07) is -2.19. The van der Waals surface area contributed by atoms with E-state index in [9.17, 15) is 23.1 Å². The second-order valence-corrected chi connectivity index (χ2v) is 16.2. The van der Waals surface area contributed by atoms with Gasteiger partial charge in [0.2, 0.25) is 6.23 Å². The minimum absolute atomic E-state index is 0.357. The molecule has 0 aromatic rings. The number of rotatable bonds is 15. The molecule has 0 aliphatic carbocycles. The van der Waals surface area contributed by atoms with Gasteiger partial charge in [-0.2, -0.15) is 0 Å². The van der Waals surface area contributed by atoms with Crippen molar-refractivity contribution in [2.45, 2.75) is 91.0 Å². The Labute approximate surface area is 261 Å². The third-order valence-electron chi connectivity index (χ3n) is 6.72. The maximum atomic E-state index is 16.4. The Balaban J connectivity index is 2.35. The molecule has 0 amide bonds. The van der Waals surface area contributed by atoms with Crippen LogP contribution >= 0.6 is 15.0 Å². The molecule has 4 N–H and O–H groups in total. The standard InChI is InChI=1S/C26H44F3N5O9P2/c1-14(2)41-22(35)16(5)32-44(9,37)39-12-20-25(8,13-40-45(10,38)33-17(6)23(36)42-15(3)4)26(28,29)24(43-20)34-11-19(27)21(30)31-18(34)7/h11,14-17,20,24H,7,12-13H2,1-6,8-10H3,(H2,30,31)(H,32,37)(H,33,38)/t16-,17-,20+,24+,25?,44?,45?/m0/s1. The molecule has 7 atom stereocenters. The molecule has 258 valence electrons. The molecular weight excluding hydrogens is 645 g/mol. The smallest absolute Gasteiger partial charge is 0.323 e. The minimum atomic E-state index is -3.94. The fourth-order valence-corrected chi connectivity index (χ4v) is 6.98. The number of nitrogens with zero attached hydrogens (tertiary/aromatic N) is 2. The number of hydrogen-bond donors (Lipinski definition) is 3. The fraction of sp³-hybridized carbons (Fsp3) is 0.731. The van der Waals surface area contributed by atoms with Crippen LogP contribution in [0.25, 0.3) is 0 Å². The third kappa shape index (κ3) is 9.87. The van der Waals surface area contributed by atoms with Gasteiger partial charge in [-0.1, -0.05) is 6.58 Å². The van der Waals surface area contributed by atoms with Crippen molar-refractivity contribution in [2.75, 3.05) is 26.5 Å². The van der Waals surface area contributed by atoms with Gasteiger partial charge < -0.3 is 29.0 Å². The molecule has 45 heavy (non-hydrogen) atoms. The number of halogens is 3. The molecule has 3 unspecified atom stereocenters. The zero-order chi connectivity index (χ0) is 34.7. The highest BCUT2D eigenvalue weighted by Gasteiger charge is 2.69. The van der Waals surface area contributed by atoms with Gasteiger partial charge in [0.05, 0.1) is 36.9 Å². The van der Waals surface area contributed by atoms with E-state index < -0.39 is 99.8 Å². The first-order chi connectivity index (χ1) is 20.4. The van der Waals surface area contributed by atoms with Crippen LogP contribution in [0.4, 0.5) is 13.2 Å². The topological polar surface area (TPSA) is 180 Å². The van der Waals surface area contributed by atoms with Crippen molar-refractivity contribution >= 4 is 32.8 Å². The average Bonchev–Trinajstić information content (AvgIpc) is 3.07. The van der Waals surface area contributed by atoms with Crippen molar-refractivity contribution in [2.24, 2.45) is 16.1 Å². The number of esters is 2. The number of nitrogens with one attached hydrogen (secondary N) is 2. The van der Waals surface area contributed by atoms with E-state index in [1.165, 1.54) is 13.8 Å². The minimum Gasteiger partial charge on any atom is -0.462 e. The van der Waals surface area contributed by atoms with Crippen molar-refractivity contribution < 1.29 is 55.1 Å². The van der Waals surface area contributed by atoms with Crippen molar-refractivity contribution in [1.82, 2.24) is 15.1 Å². The zero-order valence-corrected chi connectivity index (χ0v) is 28.6. The molecule has 0 bridgehead atoms. The van der Waals surface area contributed by atoms with Crippen LogP contribution in [-0.4, -0.2) is 91.8 Å². The zero-order valence-electron chi connectivity index (χ0n) is 26.8. The van der Waals surface area contributed by atoms with Gasteiger partial charge in [-0.25, -0.2) is 28.3 Å². The highest BCUT2D eigenvalue weighted by molar-refractivity contribution is 7.56. The lowest BCUT2D eigenvalue weighted by molar-refractivity contribution is -0.159. The number of aliphatic imine (C=N–C) groups is 1. The van der Waals surface area contributed by atoms with Crippen molar-refractivity contribution in [3.05, 3.63) is 24.4 Å². The quantitative estimate of drug-likeness (QED) is 0.167. The van der Waals surface area contributed by atoms with E-state index in [0.29, 0.717) is 11.1 Å². The van der Waals surface area contributed by atoms with Crippen molar-refractivity contribution in [1.29, 1.82) is 0 Å². The second kappa shape index (κ2) is 14.7. The van der Waals surface area contributed by atoms with Crippen LogP contribution in [0.1, 0.15) is 48.5 Å². The van der Waals surface area contributed by atoms with Crippen LogP contribution in [-0.2, 0) is 42.0 Å². The first-order valence-electron chi connectivity index (χ1n) is 14.1. The highest BCUT2D eigenvalue weighted by atomic mass is 31.2. The van der Waals surface area contributed by atoms with Gasteiger partial charge in [0.1, 0.15) is 17.9 Å². The van der Waals surface area contributed by atoms with Crippen molar-refractivity contribution in [3.63, 3.8) is 0 Å². The molecule has 2 heterocycles. The summed E-state index contributed by atoms with van der Waals surface area (Å²) in [7, 11) is -7.79. The summed E-state index contributed by atoms with van der Waals surface area (Å²) in [6.45, 7) is 14.4. The Hall–Kier alpha value is -2.26. The Morgan fingerprint density at radius 3 is 1.98 bits per heavy atom. The Bertz CT molecular complexity index is 1300. The summed E-state index contributed by atoms with van der Waals surface area (Å²) in [5, 5.41) is 4.97. The molecule has 14 nitrogen and oxygen atoms in total. The number of carbonyl (C=O) groups is 2. The molecule has 2 aliphatic heterocycles. The van der Waals surface area contributed by atoms with Gasteiger partial charge in [-0.05, 0) is 48.5 Å². The molecule has 19 heteroatoms. The lowest BCUT2D eigenvalue weighted by Crippen LogP contribution is -2.52. The van der Waals surface area contributed by atoms with Crippen molar-refractivity contribution in [3.8, 4) is 0 Å². The van der Waals surface area contributed by atoms with E-state index in [0.717, 1.165) is 20.3 Å². The van der Waals surface area contributed by atoms with Crippen LogP contribution in [0.3, 0.4) is 0 Å². The van der Waals surface area contributed by atoms with E-state index in [1.54, 1.807) is 27.7 Å². The molecule has 0 saturated carbocycles. The molecule has 1 saturated heterocycles. The summed E-state index contributed by atoms with van der Waals surface area (Å²) in [4.78, 5) is 28.7. The largest absolute Gasteiger partial charge is 0.462 e. The first-order valence-corrected chi connectivity index (χ1v) is 18.2. The predicted octanol–water partition coefficient (Wildman–Crippen LogP) is 3.85. The molecular formula is C26H44F3N5O9P2. The van der Waals surface area contributed by atoms with Gasteiger partial charge in [0, 0.05) is 19.5 Å². The highest BCUT2D eigenvalue weighted by Crippen LogP contribution is 2.55. The number of hydrogen-bond acceptors (Lipinski definition) is 12. The van der Waals surface area contributed by atoms with Gasteiger partial charge in [0.15, 0.2) is 11.7 Å². The summed E-state index contributed by atoms with van der Waals surface area (Å²) >= 11 is 0. The van der Waals surface area contributed by atoms with Gasteiger partial charge in [-0.3, -0.25) is 23.6 Å². The Kier molecular flexibility index (Phi) is 12.7. The molecule has 2 rings (SSSR count). The van der Waals surface area contributed by atoms with Crippen LogP contribution < -0.4 is 15.9 Å². The van der Waals surface area contributed by atoms with E-state index in [2.05, 4.69) is 21.7 Å². The SMILES string of the molecule is C=C1N=C(N)C(F)=CN1[C@@H]1O[C@H](COP(C)(=O)N[C@@H](C)C(=O)OC(C)C)C(C)(COP(C)(=O)N[C@@H](C)C(=O)OC(C)C)C1(F)F. The predicted molar refractivity (Wildman–Crippen MR) is 160 cm³/mol.